The predicted octanol–water partition coefficient (Wildman–Crippen LogP) is 5.18. The van der Waals surface area contributed by atoms with E-state index >= 15 is 0 Å². The molecule has 2 nitrogen and oxygen atoms in total. The molecule has 0 saturated heterocycles. The highest BCUT2D eigenvalue weighted by Crippen LogP contribution is 2.41. The van der Waals surface area contributed by atoms with Gasteiger partial charge in [0.05, 0.1) is 27.3 Å². The highest BCUT2D eigenvalue weighted by molar-refractivity contribution is 7.18. The molecule has 114 valence electrons. The fourth-order valence-electron chi connectivity index (χ4n) is 4.33. The number of benzene rings is 2. The van der Waals surface area contributed by atoms with Crippen molar-refractivity contribution in [3.8, 4) is 0 Å². The van der Waals surface area contributed by atoms with E-state index in [1.54, 1.807) is 0 Å². The Bertz CT molecular complexity index is 1420. The first kappa shape index (κ1) is 12.7. The van der Waals surface area contributed by atoms with Crippen molar-refractivity contribution >= 4 is 59.6 Å². The first-order valence-corrected chi connectivity index (χ1v) is 9.07. The van der Waals surface area contributed by atoms with Crippen LogP contribution in [0.25, 0.3) is 48.3 Å². The van der Waals surface area contributed by atoms with Crippen LogP contribution in [0.15, 0.2) is 54.0 Å². The maximum absolute atomic E-state index is 2.47. The van der Waals surface area contributed by atoms with E-state index in [1.165, 1.54) is 53.9 Å². The summed E-state index contributed by atoms with van der Waals surface area (Å²) in [6.07, 6.45) is 2.19. The SMILES string of the molecule is Cc1ccc2c3ccccc3n3c4csc5cc[n+](C)c(c1c23)c54. The van der Waals surface area contributed by atoms with Crippen molar-refractivity contribution in [3.05, 3.63) is 59.6 Å². The molecular weight excluding hydrogens is 312 g/mol. The van der Waals surface area contributed by atoms with E-state index in [9.17, 15) is 0 Å². The molecule has 24 heavy (non-hydrogen) atoms. The molecule has 0 bridgehead atoms. The van der Waals surface area contributed by atoms with Gasteiger partial charge in [-0.05, 0) is 18.6 Å². The molecule has 3 heteroatoms. The minimum absolute atomic E-state index is 1.30. The smallest absolute Gasteiger partial charge is 0.225 e. The molecule has 0 N–H and O–H groups in total. The summed E-state index contributed by atoms with van der Waals surface area (Å²) in [6, 6.07) is 15.5. The van der Waals surface area contributed by atoms with Crippen LogP contribution >= 0.6 is 11.3 Å². The van der Waals surface area contributed by atoms with Crippen LogP contribution in [0.4, 0.5) is 0 Å². The summed E-state index contributed by atoms with van der Waals surface area (Å²) in [4.78, 5) is 0. The summed E-state index contributed by atoms with van der Waals surface area (Å²) in [7, 11) is 2.16. The number of rotatable bonds is 0. The molecule has 0 amide bonds. The van der Waals surface area contributed by atoms with Gasteiger partial charge in [0.2, 0.25) is 5.52 Å². The van der Waals surface area contributed by atoms with Crippen LogP contribution in [-0.2, 0) is 7.05 Å². The lowest BCUT2D eigenvalue weighted by molar-refractivity contribution is -0.643. The van der Waals surface area contributed by atoms with Gasteiger partial charge in [0.25, 0.3) is 0 Å². The van der Waals surface area contributed by atoms with E-state index in [0.717, 1.165) is 0 Å². The first-order chi connectivity index (χ1) is 11.8. The van der Waals surface area contributed by atoms with Crippen molar-refractivity contribution < 1.29 is 4.57 Å². The van der Waals surface area contributed by atoms with Crippen molar-refractivity contribution in [1.82, 2.24) is 4.40 Å². The number of hydrogen-bond acceptors (Lipinski definition) is 1. The molecule has 0 saturated carbocycles. The van der Waals surface area contributed by atoms with E-state index in [2.05, 4.69) is 77.0 Å². The zero-order chi connectivity index (χ0) is 16.0. The Kier molecular flexibility index (Phi) is 2.15. The van der Waals surface area contributed by atoms with Crippen LogP contribution in [-0.4, -0.2) is 4.40 Å². The number of pyridine rings is 2. The van der Waals surface area contributed by atoms with Gasteiger partial charge in [-0.1, -0.05) is 30.3 Å². The molecule has 4 aromatic heterocycles. The van der Waals surface area contributed by atoms with Crippen LogP contribution in [0.1, 0.15) is 5.56 Å². The monoisotopic (exact) mass is 327 g/mol. The van der Waals surface area contributed by atoms with Crippen molar-refractivity contribution in [1.29, 1.82) is 0 Å². The average molecular weight is 327 g/mol. The van der Waals surface area contributed by atoms with E-state index in [0.29, 0.717) is 0 Å². The van der Waals surface area contributed by atoms with Gasteiger partial charge >= 0.3 is 0 Å². The van der Waals surface area contributed by atoms with Gasteiger partial charge in [-0.15, -0.1) is 11.3 Å². The number of hydrogen-bond donors (Lipinski definition) is 0. The topological polar surface area (TPSA) is 8.29 Å². The average Bonchev–Trinajstić information content (AvgIpc) is 3.16. The molecule has 0 aliphatic carbocycles. The minimum atomic E-state index is 1.30. The molecule has 0 unspecified atom stereocenters. The second-order valence-electron chi connectivity index (χ2n) is 6.64. The number of aromatic nitrogens is 2. The van der Waals surface area contributed by atoms with Crippen LogP contribution in [0, 0.1) is 6.92 Å². The van der Waals surface area contributed by atoms with E-state index in [-0.39, 0.29) is 0 Å². The summed E-state index contributed by atoms with van der Waals surface area (Å²) in [5.41, 5.74) is 6.67. The Hall–Kier alpha value is -2.65. The zero-order valence-corrected chi connectivity index (χ0v) is 14.3. The lowest BCUT2D eigenvalue weighted by Gasteiger charge is -2.09. The molecule has 2 aromatic carbocycles. The number of para-hydroxylation sites is 1. The van der Waals surface area contributed by atoms with Gasteiger partial charge in [0.1, 0.15) is 7.05 Å². The quantitative estimate of drug-likeness (QED) is 0.268. The maximum Gasteiger partial charge on any atom is 0.225 e. The highest BCUT2D eigenvalue weighted by atomic mass is 32.1. The third-order valence-electron chi connectivity index (χ3n) is 5.36. The molecule has 6 aromatic rings. The van der Waals surface area contributed by atoms with Crippen molar-refractivity contribution in [2.24, 2.45) is 7.05 Å². The normalized spacial score (nSPS) is 12.6. The Morgan fingerprint density at radius 1 is 0.917 bits per heavy atom. The molecule has 0 aliphatic heterocycles. The van der Waals surface area contributed by atoms with E-state index < -0.39 is 0 Å². The number of aryl methyl sites for hydroxylation is 2. The Labute approximate surface area is 142 Å². The van der Waals surface area contributed by atoms with Crippen LogP contribution < -0.4 is 4.57 Å². The molecule has 6 rings (SSSR count). The van der Waals surface area contributed by atoms with Gasteiger partial charge in [0, 0.05) is 26.9 Å². The third-order valence-corrected chi connectivity index (χ3v) is 6.30. The third kappa shape index (κ3) is 1.28. The van der Waals surface area contributed by atoms with Crippen molar-refractivity contribution in [3.63, 3.8) is 0 Å². The molecular formula is C21H15N2S+. The lowest BCUT2D eigenvalue weighted by Crippen LogP contribution is -2.28. The Balaban J connectivity index is 2.18. The highest BCUT2D eigenvalue weighted by Gasteiger charge is 2.24. The summed E-state index contributed by atoms with van der Waals surface area (Å²) in [6.45, 7) is 2.23. The fraction of sp³-hybridized carbons (Fsp3) is 0.0952. The number of nitrogens with zero attached hydrogens (tertiary/aromatic N) is 2. The second kappa shape index (κ2) is 4.05. The largest absolute Gasteiger partial charge is 0.307 e. The van der Waals surface area contributed by atoms with Crippen LogP contribution in [0.5, 0.6) is 0 Å². The van der Waals surface area contributed by atoms with Gasteiger partial charge in [0.15, 0.2) is 6.20 Å². The Morgan fingerprint density at radius 2 is 1.79 bits per heavy atom. The molecule has 0 atom stereocenters. The standard InChI is InChI=1S/C21H15N2S/c1-12-7-8-14-13-5-3-4-6-15(13)23-16-11-24-17-9-10-22(2)21(19(16)17)18(12)20(14)23/h3-11H,1-2H3/q+1. The van der Waals surface area contributed by atoms with Crippen molar-refractivity contribution in [2.45, 2.75) is 6.92 Å². The second-order valence-corrected chi connectivity index (χ2v) is 7.55. The summed E-state index contributed by atoms with van der Waals surface area (Å²) >= 11 is 1.84. The first-order valence-electron chi connectivity index (χ1n) is 8.19. The van der Waals surface area contributed by atoms with E-state index in [1.807, 2.05) is 11.3 Å². The van der Waals surface area contributed by atoms with Gasteiger partial charge < -0.3 is 4.40 Å². The number of thiophene rings is 1. The van der Waals surface area contributed by atoms with Crippen LogP contribution in [0.3, 0.4) is 0 Å². The van der Waals surface area contributed by atoms with E-state index in [4.69, 9.17) is 0 Å². The molecule has 0 spiro atoms. The summed E-state index contributed by atoms with van der Waals surface area (Å²) in [5, 5.41) is 7.76. The van der Waals surface area contributed by atoms with Gasteiger partial charge in [-0.25, -0.2) is 4.57 Å². The molecule has 0 radical (unpaired) electrons. The Morgan fingerprint density at radius 3 is 2.71 bits per heavy atom. The minimum Gasteiger partial charge on any atom is -0.307 e. The fourth-order valence-corrected chi connectivity index (χ4v) is 5.25. The summed E-state index contributed by atoms with van der Waals surface area (Å²) in [5.74, 6) is 0. The molecule has 0 aliphatic rings. The van der Waals surface area contributed by atoms with Gasteiger partial charge in [-0.2, -0.15) is 0 Å². The zero-order valence-electron chi connectivity index (χ0n) is 13.5. The lowest BCUT2D eigenvalue weighted by atomic mass is 10.0. The maximum atomic E-state index is 2.47. The van der Waals surface area contributed by atoms with Crippen LogP contribution in [0.2, 0.25) is 0 Å². The van der Waals surface area contributed by atoms with Crippen molar-refractivity contribution in [2.75, 3.05) is 0 Å². The predicted molar refractivity (Wildman–Crippen MR) is 102 cm³/mol. The summed E-state index contributed by atoms with van der Waals surface area (Å²) < 4.78 is 6.11. The molecule has 0 fully saturated rings. The number of fused-ring (bicyclic) bond motifs is 5. The van der Waals surface area contributed by atoms with Gasteiger partial charge in [-0.3, -0.25) is 0 Å². The molecule has 4 heterocycles.